The van der Waals surface area contributed by atoms with Crippen molar-refractivity contribution in [1.82, 2.24) is 0 Å². The molecule has 2 nitrogen and oxygen atoms in total. The van der Waals surface area contributed by atoms with Crippen LogP contribution in [0.2, 0.25) is 0 Å². The van der Waals surface area contributed by atoms with E-state index in [2.05, 4.69) is 40.7 Å². The summed E-state index contributed by atoms with van der Waals surface area (Å²) in [5, 5.41) is 21.7. The highest BCUT2D eigenvalue weighted by atomic mass is 16.3. The van der Waals surface area contributed by atoms with Crippen LogP contribution in [0.1, 0.15) is 98.6 Å². The van der Waals surface area contributed by atoms with Crippen LogP contribution in [-0.4, -0.2) is 10.2 Å². The van der Waals surface area contributed by atoms with E-state index in [1.165, 1.54) is 22.3 Å². The van der Waals surface area contributed by atoms with E-state index in [9.17, 15) is 10.2 Å². The summed E-state index contributed by atoms with van der Waals surface area (Å²) in [5.41, 5.74) is 6.94. The van der Waals surface area contributed by atoms with Crippen molar-refractivity contribution >= 4 is 0 Å². The summed E-state index contributed by atoms with van der Waals surface area (Å²) in [5.74, 6) is 0.760. The quantitative estimate of drug-likeness (QED) is 0.451. The minimum Gasteiger partial charge on any atom is -0.508 e. The van der Waals surface area contributed by atoms with E-state index < -0.39 is 0 Å². The molecule has 2 aromatic carbocycles. The molecule has 0 aliphatic heterocycles. The summed E-state index contributed by atoms with van der Waals surface area (Å²) in [6.07, 6.45) is 8.42. The fourth-order valence-electron chi connectivity index (χ4n) is 4.26. The van der Waals surface area contributed by atoms with Crippen LogP contribution in [0.4, 0.5) is 0 Å². The molecule has 0 heterocycles. The fourth-order valence-corrected chi connectivity index (χ4v) is 4.26. The lowest BCUT2D eigenvalue weighted by atomic mass is 9.80. The SMILES string of the molecule is CCCCc1cc(O)c(C(CCC)c2c(O)ccc(C)c2CCCC)cc1C. The van der Waals surface area contributed by atoms with Crippen molar-refractivity contribution in [1.29, 1.82) is 0 Å². The molecule has 0 aromatic heterocycles. The first-order valence-corrected chi connectivity index (χ1v) is 11.1. The Morgan fingerprint density at radius 3 is 2.11 bits per heavy atom. The Hall–Kier alpha value is -1.96. The number of hydrogen-bond donors (Lipinski definition) is 2. The van der Waals surface area contributed by atoms with Crippen LogP contribution in [0.15, 0.2) is 24.3 Å². The van der Waals surface area contributed by atoms with Gasteiger partial charge in [-0.05, 0) is 80.3 Å². The Morgan fingerprint density at radius 1 is 0.786 bits per heavy atom. The van der Waals surface area contributed by atoms with E-state index in [4.69, 9.17) is 0 Å². The predicted molar refractivity (Wildman–Crippen MR) is 120 cm³/mol. The van der Waals surface area contributed by atoms with E-state index in [-0.39, 0.29) is 5.92 Å². The lowest BCUT2D eigenvalue weighted by Gasteiger charge is -2.25. The van der Waals surface area contributed by atoms with Crippen molar-refractivity contribution in [2.75, 3.05) is 0 Å². The van der Waals surface area contributed by atoms with E-state index >= 15 is 0 Å². The van der Waals surface area contributed by atoms with Crippen molar-refractivity contribution in [2.45, 2.75) is 91.9 Å². The van der Waals surface area contributed by atoms with Gasteiger partial charge in [0, 0.05) is 17.0 Å². The molecule has 0 saturated carbocycles. The number of phenols is 2. The van der Waals surface area contributed by atoms with E-state index in [1.807, 2.05) is 18.2 Å². The topological polar surface area (TPSA) is 40.5 Å². The average Bonchev–Trinajstić information content (AvgIpc) is 2.67. The van der Waals surface area contributed by atoms with E-state index in [0.717, 1.165) is 62.5 Å². The standard InChI is InChI=1S/C26H38O2/c1-6-9-12-20-17-25(28)23(16-19(20)5)22(11-8-3)26-21(13-10-7-2)18(4)14-15-24(26)27/h14-17,22,27-28H,6-13H2,1-5H3. The maximum atomic E-state index is 10.9. The van der Waals surface area contributed by atoms with Crippen LogP contribution in [0.5, 0.6) is 11.5 Å². The molecule has 0 fully saturated rings. The molecule has 2 aromatic rings. The summed E-state index contributed by atoms with van der Waals surface area (Å²) in [6.45, 7) is 10.8. The molecule has 2 heteroatoms. The van der Waals surface area contributed by atoms with Crippen molar-refractivity contribution in [3.05, 3.63) is 57.6 Å². The Morgan fingerprint density at radius 2 is 1.46 bits per heavy atom. The van der Waals surface area contributed by atoms with Gasteiger partial charge in [0.25, 0.3) is 0 Å². The first kappa shape index (κ1) is 22.3. The molecular weight excluding hydrogens is 344 g/mol. The van der Waals surface area contributed by atoms with Crippen molar-refractivity contribution in [2.24, 2.45) is 0 Å². The summed E-state index contributed by atoms with van der Waals surface area (Å²) in [6, 6.07) is 7.96. The maximum Gasteiger partial charge on any atom is 0.119 e. The van der Waals surface area contributed by atoms with Gasteiger partial charge in [-0.25, -0.2) is 0 Å². The molecule has 1 unspecified atom stereocenters. The van der Waals surface area contributed by atoms with Gasteiger partial charge >= 0.3 is 0 Å². The summed E-state index contributed by atoms with van der Waals surface area (Å²) < 4.78 is 0. The summed E-state index contributed by atoms with van der Waals surface area (Å²) in [4.78, 5) is 0. The second-order valence-electron chi connectivity index (χ2n) is 8.18. The fraction of sp³-hybridized carbons (Fsp3) is 0.538. The molecule has 0 radical (unpaired) electrons. The predicted octanol–water partition coefficient (Wildman–Crippen LogP) is 7.33. The number of hydrogen-bond acceptors (Lipinski definition) is 2. The van der Waals surface area contributed by atoms with Crippen LogP contribution in [0, 0.1) is 13.8 Å². The monoisotopic (exact) mass is 382 g/mol. The third-order valence-corrected chi connectivity index (χ3v) is 5.93. The highest BCUT2D eigenvalue weighted by Gasteiger charge is 2.24. The molecule has 154 valence electrons. The minimum absolute atomic E-state index is 0.0238. The second-order valence-corrected chi connectivity index (χ2v) is 8.18. The van der Waals surface area contributed by atoms with Crippen molar-refractivity contribution in [3.8, 4) is 11.5 Å². The molecular formula is C26H38O2. The largest absolute Gasteiger partial charge is 0.508 e. The second kappa shape index (κ2) is 10.5. The molecule has 0 aliphatic carbocycles. The zero-order valence-corrected chi connectivity index (χ0v) is 18.4. The van der Waals surface area contributed by atoms with E-state index in [1.54, 1.807) is 0 Å². The first-order chi connectivity index (χ1) is 13.4. The summed E-state index contributed by atoms with van der Waals surface area (Å²) >= 11 is 0. The Balaban J connectivity index is 2.58. The van der Waals surface area contributed by atoms with Crippen LogP contribution < -0.4 is 0 Å². The van der Waals surface area contributed by atoms with Gasteiger partial charge in [0.05, 0.1) is 0 Å². The van der Waals surface area contributed by atoms with Gasteiger partial charge < -0.3 is 10.2 Å². The van der Waals surface area contributed by atoms with Gasteiger partial charge in [0.1, 0.15) is 11.5 Å². The zero-order valence-electron chi connectivity index (χ0n) is 18.4. The molecule has 2 rings (SSSR count). The first-order valence-electron chi connectivity index (χ1n) is 11.1. The summed E-state index contributed by atoms with van der Waals surface area (Å²) in [7, 11) is 0. The van der Waals surface area contributed by atoms with Crippen molar-refractivity contribution < 1.29 is 10.2 Å². The Kier molecular flexibility index (Phi) is 8.41. The molecule has 0 spiro atoms. The van der Waals surface area contributed by atoms with Gasteiger partial charge in [-0.1, -0.05) is 52.2 Å². The molecule has 28 heavy (non-hydrogen) atoms. The molecule has 2 N–H and O–H groups in total. The van der Waals surface area contributed by atoms with Crippen LogP contribution in [-0.2, 0) is 12.8 Å². The van der Waals surface area contributed by atoms with Crippen LogP contribution in [0.25, 0.3) is 0 Å². The molecule has 0 bridgehead atoms. The van der Waals surface area contributed by atoms with Crippen LogP contribution in [0.3, 0.4) is 0 Å². The number of rotatable bonds is 10. The highest BCUT2D eigenvalue weighted by Crippen LogP contribution is 2.43. The highest BCUT2D eigenvalue weighted by molar-refractivity contribution is 5.54. The minimum atomic E-state index is 0.0238. The third-order valence-electron chi connectivity index (χ3n) is 5.93. The van der Waals surface area contributed by atoms with E-state index in [0.29, 0.717) is 11.5 Å². The average molecular weight is 383 g/mol. The smallest absolute Gasteiger partial charge is 0.119 e. The van der Waals surface area contributed by atoms with Gasteiger partial charge in [-0.15, -0.1) is 0 Å². The van der Waals surface area contributed by atoms with Gasteiger partial charge in [-0.3, -0.25) is 0 Å². The lowest BCUT2D eigenvalue weighted by molar-refractivity contribution is 0.448. The molecule has 0 amide bonds. The molecule has 0 saturated heterocycles. The Bertz CT molecular complexity index is 776. The third kappa shape index (κ3) is 5.10. The van der Waals surface area contributed by atoms with Gasteiger partial charge in [0.15, 0.2) is 0 Å². The number of benzene rings is 2. The zero-order chi connectivity index (χ0) is 20.7. The Labute approximate surface area is 171 Å². The normalized spacial score (nSPS) is 12.3. The number of aryl methyl sites for hydroxylation is 3. The van der Waals surface area contributed by atoms with Gasteiger partial charge in [0.2, 0.25) is 0 Å². The number of aromatic hydroxyl groups is 2. The maximum absolute atomic E-state index is 10.9. The number of phenolic OH excluding ortho intramolecular Hbond substituents is 2. The number of unbranched alkanes of at least 4 members (excludes halogenated alkanes) is 2. The lowest BCUT2D eigenvalue weighted by Crippen LogP contribution is -2.08. The molecule has 1 atom stereocenters. The van der Waals surface area contributed by atoms with Gasteiger partial charge in [-0.2, -0.15) is 0 Å². The molecule has 0 aliphatic rings. The van der Waals surface area contributed by atoms with Crippen LogP contribution >= 0.6 is 0 Å². The van der Waals surface area contributed by atoms with Crippen molar-refractivity contribution in [3.63, 3.8) is 0 Å².